The average molecular weight is 213 g/mol. The van der Waals surface area contributed by atoms with E-state index in [1.165, 1.54) is 0 Å². The minimum atomic E-state index is -4.12. The van der Waals surface area contributed by atoms with Gasteiger partial charge in [-0.15, -0.1) is 0 Å². The van der Waals surface area contributed by atoms with Crippen molar-refractivity contribution >= 4 is 5.97 Å². The van der Waals surface area contributed by atoms with Crippen molar-refractivity contribution in [3.05, 3.63) is 0 Å². The highest BCUT2D eigenvalue weighted by atomic mass is 19.4. The molecular weight excluding hydrogens is 199 g/mol. The van der Waals surface area contributed by atoms with Gasteiger partial charge in [-0.05, 0) is 20.0 Å². The van der Waals surface area contributed by atoms with E-state index in [4.69, 9.17) is 5.11 Å². The molecule has 0 rings (SSSR count). The van der Waals surface area contributed by atoms with E-state index in [0.717, 1.165) is 0 Å². The number of hydrogen-bond donors (Lipinski definition) is 1. The van der Waals surface area contributed by atoms with Gasteiger partial charge in [0.05, 0.1) is 6.42 Å². The first-order valence-electron chi connectivity index (χ1n) is 4.28. The van der Waals surface area contributed by atoms with Gasteiger partial charge in [-0.1, -0.05) is 0 Å². The van der Waals surface area contributed by atoms with Crippen molar-refractivity contribution in [3.63, 3.8) is 0 Å². The predicted molar refractivity (Wildman–Crippen MR) is 45.0 cm³/mol. The Morgan fingerprint density at radius 1 is 1.36 bits per heavy atom. The fourth-order valence-corrected chi connectivity index (χ4v) is 0.948. The average Bonchev–Trinajstić information content (AvgIpc) is 1.98. The summed E-state index contributed by atoms with van der Waals surface area (Å²) in [4.78, 5) is 11.7. The minimum absolute atomic E-state index is 0.0135. The summed E-state index contributed by atoms with van der Waals surface area (Å²) in [7, 11) is 1.61. The van der Waals surface area contributed by atoms with Crippen LogP contribution >= 0.6 is 0 Å². The molecule has 0 radical (unpaired) electrons. The Kier molecular flexibility index (Phi) is 5.52. The number of hydrogen-bond acceptors (Lipinski definition) is 2. The van der Waals surface area contributed by atoms with Gasteiger partial charge in [-0.2, -0.15) is 13.2 Å². The van der Waals surface area contributed by atoms with Gasteiger partial charge in [0.15, 0.2) is 0 Å². The maximum absolute atomic E-state index is 11.7. The first kappa shape index (κ1) is 13.2. The number of rotatable bonds is 6. The summed E-state index contributed by atoms with van der Waals surface area (Å²) in [5.41, 5.74) is 0. The van der Waals surface area contributed by atoms with E-state index < -0.39 is 18.6 Å². The van der Waals surface area contributed by atoms with Crippen LogP contribution in [0.4, 0.5) is 13.2 Å². The first-order chi connectivity index (χ1) is 6.31. The molecule has 0 aromatic heterocycles. The van der Waals surface area contributed by atoms with Crippen molar-refractivity contribution in [2.75, 3.05) is 20.1 Å². The first-order valence-corrected chi connectivity index (χ1v) is 4.28. The lowest BCUT2D eigenvalue weighted by atomic mass is 10.3. The lowest BCUT2D eigenvalue weighted by molar-refractivity contribution is -0.139. The molecule has 0 saturated heterocycles. The summed E-state index contributed by atoms with van der Waals surface area (Å²) in [6.45, 7) is 0.556. The molecular formula is C8H14F3NO2. The molecule has 0 aliphatic carbocycles. The Hall–Kier alpha value is -0.780. The summed E-state index contributed by atoms with van der Waals surface area (Å²) in [6.07, 6.45) is -4.96. The monoisotopic (exact) mass is 213 g/mol. The minimum Gasteiger partial charge on any atom is -0.481 e. The molecule has 1 N–H and O–H groups in total. The van der Waals surface area contributed by atoms with Crippen LogP contribution in [0, 0.1) is 0 Å². The number of alkyl halides is 3. The molecule has 14 heavy (non-hydrogen) atoms. The third-order valence-corrected chi connectivity index (χ3v) is 1.71. The Morgan fingerprint density at radius 3 is 2.36 bits per heavy atom. The molecule has 0 aromatic rings. The van der Waals surface area contributed by atoms with Crippen molar-refractivity contribution in [2.24, 2.45) is 0 Å². The molecule has 0 atom stereocenters. The maximum Gasteiger partial charge on any atom is 0.389 e. The Morgan fingerprint density at radius 2 is 1.93 bits per heavy atom. The van der Waals surface area contributed by atoms with E-state index in [1.54, 1.807) is 11.9 Å². The standard InChI is InChI=1S/C8H14F3NO2/c1-12(6-3-7(13)14)5-2-4-8(9,10)11/h2-6H2,1H3,(H,13,14). The Bertz CT molecular complexity index is 182. The molecule has 0 heterocycles. The van der Waals surface area contributed by atoms with Gasteiger partial charge in [0.25, 0.3) is 0 Å². The second-order valence-electron chi connectivity index (χ2n) is 3.17. The number of aliphatic carboxylic acids is 1. The molecule has 0 spiro atoms. The topological polar surface area (TPSA) is 40.5 Å². The molecule has 3 nitrogen and oxygen atoms in total. The summed E-state index contributed by atoms with van der Waals surface area (Å²) in [5, 5.41) is 8.31. The van der Waals surface area contributed by atoms with Crippen LogP contribution in [-0.2, 0) is 4.79 Å². The molecule has 0 fully saturated rings. The molecule has 0 aromatic carbocycles. The van der Waals surface area contributed by atoms with Gasteiger partial charge in [0.1, 0.15) is 0 Å². The Labute approximate surface area is 80.5 Å². The van der Waals surface area contributed by atoms with Crippen LogP contribution in [-0.4, -0.2) is 42.3 Å². The van der Waals surface area contributed by atoms with Crippen LogP contribution in [0.15, 0.2) is 0 Å². The quantitative estimate of drug-likeness (QED) is 0.730. The number of nitrogens with zero attached hydrogens (tertiary/aromatic N) is 1. The lowest BCUT2D eigenvalue weighted by Crippen LogP contribution is -2.24. The summed E-state index contributed by atoms with van der Waals surface area (Å²) in [5.74, 6) is -0.937. The van der Waals surface area contributed by atoms with Gasteiger partial charge in [0.2, 0.25) is 0 Å². The van der Waals surface area contributed by atoms with Crippen molar-refractivity contribution in [1.29, 1.82) is 0 Å². The molecule has 6 heteroatoms. The molecule has 0 bridgehead atoms. The van der Waals surface area contributed by atoms with Gasteiger partial charge in [0, 0.05) is 13.0 Å². The second-order valence-corrected chi connectivity index (χ2v) is 3.17. The predicted octanol–water partition coefficient (Wildman–Crippen LogP) is 1.74. The highest BCUT2D eigenvalue weighted by molar-refractivity contribution is 5.66. The molecule has 0 amide bonds. The van der Waals surface area contributed by atoms with E-state index in [1.807, 2.05) is 0 Å². The zero-order valence-electron chi connectivity index (χ0n) is 7.97. The van der Waals surface area contributed by atoms with Crippen LogP contribution < -0.4 is 0 Å². The number of carboxylic acid groups (broad SMARTS) is 1. The lowest BCUT2D eigenvalue weighted by Gasteiger charge is -2.15. The second kappa shape index (κ2) is 5.85. The van der Waals surface area contributed by atoms with Crippen LogP contribution in [0.5, 0.6) is 0 Å². The molecule has 0 aliphatic heterocycles. The third-order valence-electron chi connectivity index (χ3n) is 1.71. The number of carbonyl (C=O) groups is 1. The van der Waals surface area contributed by atoms with Crippen molar-refractivity contribution in [3.8, 4) is 0 Å². The van der Waals surface area contributed by atoms with E-state index in [0.29, 0.717) is 0 Å². The number of carboxylic acids is 1. The van der Waals surface area contributed by atoms with E-state index >= 15 is 0 Å². The van der Waals surface area contributed by atoms with E-state index in [2.05, 4.69) is 0 Å². The highest BCUT2D eigenvalue weighted by Crippen LogP contribution is 2.21. The fraction of sp³-hybridized carbons (Fsp3) is 0.875. The van der Waals surface area contributed by atoms with Gasteiger partial charge < -0.3 is 10.0 Å². The van der Waals surface area contributed by atoms with Gasteiger partial charge >= 0.3 is 12.1 Å². The zero-order chi connectivity index (χ0) is 11.2. The highest BCUT2D eigenvalue weighted by Gasteiger charge is 2.26. The largest absolute Gasteiger partial charge is 0.481 e. The molecule has 0 unspecified atom stereocenters. The summed E-state index contributed by atoms with van der Waals surface area (Å²) < 4.78 is 35.1. The SMILES string of the molecule is CN(CCCC(F)(F)F)CCC(=O)O. The van der Waals surface area contributed by atoms with Crippen LogP contribution in [0.2, 0.25) is 0 Å². The molecule has 0 aliphatic rings. The zero-order valence-corrected chi connectivity index (χ0v) is 7.97. The van der Waals surface area contributed by atoms with Gasteiger partial charge in [-0.25, -0.2) is 0 Å². The van der Waals surface area contributed by atoms with Crippen LogP contribution in [0.25, 0.3) is 0 Å². The summed E-state index contributed by atoms with van der Waals surface area (Å²) >= 11 is 0. The molecule has 84 valence electrons. The van der Waals surface area contributed by atoms with Crippen LogP contribution in [0.3, 0.4) is 0 Å². The normalized spacial score (nSPS) is 12.1. The maximum atomic E-state index is 11.7. The Balaban J connectivity index is 3.45. The van der Waals surface area contributed by atoms with E-state index in [9.17, 15) is 18.0 Å². The van der Waals surface area contributed by atoms with Crippen molar-refractivity contribution in [2.45, 2.75) is 25.4 Å². The van der Waals surface area contributed by atoms with E-state index in [-0.39, 0.29) is 25.9 Å². The molecule has 0 saturated carbocycles. The van der Waals surface area contributed by atoms with Gasteiger partial charge in [-0.3, -0.25) is 4.79 Å². The van der Waals surface area contributed by atoms with Crippen molar-refractivity contribution in [1.82, 2.24) is 4.90 Å². The third kappa shape index (κ3) is 9.31. The number of halogens is 3. The van der Waals surface area contributed by atoms with Crippen LogP contribution in [0.1, 0.15) is 19.3 Å². The summed E-state index contributed by atoms with van der Waals surface area (Å²) in [6, 6.07) is 0. The smallest absolute Gasteiger partial charge is 0.389 e. The van der Waals surface area contributed by atoms with Crippen molar-refractivity contribution < 1.29 is 23.1 Å². The fourth-order valence-electron chi connectivity index (χ4n) is 0.948.